The van der Waals surface area contributed by atoms with Crippen molar-refractivity contribution in [3.63, 3.8) is 0 Å². The predicted molar refractivity (Wildman–Crippen MR) is 75.8 cm³/mol. The van der Waals surface area contributed by atoms with E-state index in [0.29, 0.717) is 0 Å². The number of carbonyl (C=O) groups is 1. The third-order valence-electron chi connectivity index (χ3n) is 3.04. The highest BCUT2D eigenvalue weighted by Crippen LogP contribution is 2.28. The minimum atomic E-state index is -0.438. The van der Waals surface area contributed by atoms with Crippen molar-refractivity contribution in [2.24, 2.45) is 0 Å². The van der Waals surface area contributed by atoms with Crippen molar-refractivity contribution in [1.29, 1.82) is 0 Å². The molecule has 94 valence electrons. The van der Waals surface area contributed by atoms with Crippen molar-refractivity contribution >= 4 is 28.3 Å². The highest BCUT2D eigenvalue weighted by molar-refractivity contribution is 6.27. The molecule has 0 aliphatic carbocycles. The number of fused-ring (bicyclic) bond motifs is 1. The highest BCUT2D eigenvalue weighted by Gasteiger charge is 2.24. The van der Waals surface area contributed by atoms with E-state index in [1.807, 2.05) is 38.1 Å². The lowest BCUT2D eigenvalue weighted by molar-refractivity contribution is -0.120. The third kappa shape index (κ3) is 2.49. The van der Waals surface area contributed by atoms with Crippen LogP contribution in [0.2, 0.25) is 0 Å². The van der Waals surface area contributed by atoms with Gasteiger partial charge in [0.2, 0.25) is 5.91 Å². The number of rotatable bonds is 3. The molecule has 1 N–H and O–H groups in total. The summed E-state index contributed by atoms with van der Waals surface area (Å²) >= 11 is 5.55. The van der Waals surface area contributed by atoms with E-state index in [1.165, 1.54) is 5.39 Å². The summed E-state index contributed by atoms with van der Waals surface area (Å²) in [6.45, 7) is 3.97. The zero-order chi connectivity index (χ0) is 13.2. The Kier molecular flexibility index (Phi) is 3.58. The van der Waals surface area contributed by atoms with Gasteiger partial charge < -0.3 is 5.32 Å². The second-order valence-corrected chi connectivity index (χ2v) is 5.10. The number of hydrogen-bond donors (Lipinski definition) is 1. The normalized spacial score (nSPS) is 11.5. The molecule has 0 aliphatic rings. The van der Waals surface area contributed by atoms with E-state index in [0.717, 1.165) is 10.9 Å². The molecule has 0 atom stereocenters. The van der Waals surface area contributed by atoms with Crippen LogP contribution < -0.4 is 5.32 Å². The fourth-order valence-electron chi connectivity index (χ4n) is 2.22. The maximum atomic E-state index is 11.5. The molecule has 2 aromatic carbocycles. The molecule has 0 spiro atoms. The van der Waals surface area contributed by atoms with Gasteiger partial charge in [0.05, 0.1) is 5.54 Å². The first-order valence-electron chi connectivity index (χ1n) is 5.90. The Hall–Kier alpha value is -1.54. The largest absolute Gasteiger partial charge is 0.346 e. The molecule has 0 aromatic heterocycles. The number of amides is 1. The summed E-state index contributed by atoms with van der Waals surface area (Å²) in [6.07, 6.45) is 0. The van der Waals surface area contributed by atoms with Crippen LogP contribution in [-0.2, 0) is 10.3 Å². The van der Waals surface area contributed by atoms with Gasteiger partial charge in [-0.3, -0.25) is 4.79 Å². The minimum Gasteiger partial charge on any atom is -0.346 e. The van der Waals surface area contributed by atoms with E-state index in [1.54, 1.807) is 0 Å². The zero-order valence-corrected chi connectivity index (χ0v) is 11.3. The minimum absolute atomic E-state index is 0.0196. The summed E-state index contributed by atoms with van der Waals surface area (Å²) in [5.41, 5.74) is 0.659. The highest BCUT2D eigenvalue weighted by atomic mass is 35.5. The Morgan fingerprint density at radius 1 is 1.17 bits per heavy atom. The molecule has 0 unspecified atom stereocenters. The van der Waals surface area contributed by atoms with Crippen LogP contribution in [0.1, 0.15) is 19.4 Å². The van der Waals surface area contributed by atoms with Crippen LogP contribution in [-0.4, -0.2) is 11.8 Å². The monoisotopic (exact) mass is 261 g/mol. The number of halogens is 1. The van der Waals surface area contributed by atoms with Crippen molar-refractivity contribution in [1.82, 2.24) is 5.32 Å². The molecule has 0 fully saturated rings. The summed E-state index contributed by atoms with van der Waals surface area (Å²) in [6, 6.07) is 14.3. The molecule has 0 bridgehead atoms. The number of benzene rings is 2. The first-order valence-corrected chi connectivity index (χ1v) is 6.43. The maximum absolute atomic E-state index is 11.5. The van der Waals surface area contributed by atoms with E-state index < -0.39 is 5.54 Å². The van der Waals surface area contributed by atoms with Crippen LogP contribution in [0.5, 0.6) is 0 Å². The average Bonchev–Trinajstić information content (AvgIpc) is 2.37. The van der Waals surface area contributed by atoms with Crippen LogP contribution in [0.15, 0.2) is 42.5 Å². The Morgan fingerprint density at radius 2 is 1.83 bits per heavy atom. The summed E-state index contributed by atoms with van der Waals surface area (Å²) in [7, 11) is 0. The van der Waals surface area contributed by atoms with Crippen molar-refractivity contribution in [3.8, 4) is 0 Å². The van der Waals surface area contributed by atoms with Gasteiger partial charge in [-0.25, -0.2) is 0 Å². The van der Waals surface area contributed by atoms with Gasteiger partial charge in [-0.1, -0.05) is 42.5 Å². The Balaban J connectivity index is 2.50. The van der Waals surface area contributed by atoms with E-state index in [9.17, 15) is 4.79 Å². The van der Waals surface area contributed by atoms with Gasteiger partial charge >= 0.3 is 0 Å². The molecule has 0 heterocycles. The molecule has 18 heavy (non-hydrogen) atoms. The van der Waals surface area contributed by atoms with Gasteiger partial charge in [0, 0.05) is 0 Å². The van der Waals surface area contributed by atoms with Crippen LogP contribution in [0.4, 0.5) is 0 Å². The summed E-state index contributed by atoms with van der Waals surface area (Å²) in [5, 5.41) is 5.27. The molecule has 0 saturated carbocycles. The smallest absolute Gasteiger partial charge is 0.235 e. The van der Waals surface area contributed by atoms with E-state index in [-0.39, 0.29) is 11.8 Å². The lowest BCUT2D eigenvalue weighted by Crippen LogP contribution is -2.41. The van der Waals surface area contributed by atoms with E-state index in [2.05, 4.69) is 23.5 Å². The molecule has 2 nitrogen and oxygen atoms in total. The molecule has 0 saturated heterocycles. The van der Waals surface area contributed by atoms with Gasteiger partial charge in [0.1, 0.15) is 5.88 Å². The van der Waals surface area contributed by atoms with Crippen LogP contribution in [0, 0.1) is 0 Å². The van der Waals surface area contributed by atoms with Gasteiger partial charge in [-0.05, 0) is 30.2 Å². The Bertz CT molecular complexity index is 572. The molecule has 2 aromatic rings. The number of alkyl halides is 1. The van der Waals surface area contributed by atoms with Crippen molar-refractivity contribution in [2.45, 2.75) is 19.4 Å². The van der Waals surface area contributed by atoms with Gasteiger partial charge in [-0.2, -0.15) is 0 Å². The topological polar surface area (TPSA) is 29.1 Å². The second kappa shape index (κ2) is 4.99. The Labute approximate surface area is 112 Å². The van der Waals surface area contributed by atoms with E-state index >= 15 is 0 Å². The molecular formula is C15H16ClNO. The molecule has 0 radical (unpaired) electrons. The maximum Gasteiger partial charge on any atom is 0.235 e. The van der Waals surface area contributed by atoms with Crippen molar-refractivity contribution in [3.05, 3.63) is 48.0 Å². The summed E-state index contributed by atoms with van der Waals surface area (Å²) in [5.74, 6) is -0.177. The average molecular weight is 262 g/mol. The Morgan fingerprint density at radius 3 is 2.56 bits per heavy atom. The van der Waals surface area contributed by atoms with Gasteiger partial charge in [0.25, 0.3) is 0 Å². The molecule has 0 aliphatic heterocycles. The summed E-state index contributed by atoms with van der Waals surface area (Å²) < 4.78 is 0. The summed E-state index contributed by atoms with van der Waals surface area (Å²) in [4.78, 5) is 11.5. The standard InChI is InChI=1S/C15H16ClNO/c1-15(2,17-14(18)10-16)13-9-5-7-11-6-3-4-8-12(11)13/h3-9H,10H2,1-2H3,(H,17,18). The van der Waals surface area contributed by atoms with E-state index in [4.69, 9.17) is 11.6 Å². The SMILES string of the molecule is CC(C)(NC(=O)CCl)c1cccc2ccccc12. The molecule has 1 amide bonds. The lowest BCUT2D eigenvalue weighted by Gasteiger charge is -2.28. The number of carbonyl (C=O) groups excluding carboxylic acids is 1. The quantitative estimate of drug-likeness (QED) is 0.843. The molecule has 2 rings (SSSR count). The fourth-order valence-corrected chi connectivity index (χ4v) is 2.29. The fraction of sp³-hybridized carbons (Fsp3) is 0.267. The lowest BCUT2D eigenvalue weighted by atomic mass is 9.89. The second-order valence-electron chi connectivity index (χ2n) is 4.83. The van der Waals surface area contributed by atoms with Crippen LogP contribution in [0.25, 0.3) is 10.8 Å². The zero-order valence-electron chi connectivity index (χ0n) is 10.5. The van der Waals surface area contributed by atoms with Crippen LogP contribution >= 0.6 is 11.6 Å². The first kappa shape index (κ1) is 12.9. The van der Waals surface area contributed by atoms with Crippen molar-refractivity contribution < 1.29 is 4.79 Å². The number of nitrogens with one attached hydrogen (secondary N) is 1. The predicted octanol–water partition coefficient (Wildman–Crippen LogP) is 3.43. The van der Waals surface area contributed by atoms with Crippen LogP contribution in [0.3, 0.4) is 0 Å². The van der Waals surface area contributed by atoms with Gasteiger partial charge in [0.15, 0.2) is 0 Å². The van der Waals surface area contributed by atoms with Crippen molar-refractivity contribution in [2.75, 3.05) is 5.88 Å². The molecule has 3 heteroatoms. The van der Waals surface area contributed by atoms with Gasteiger partial charge in [-0.15, -0.1) is 11.6 Å². The molecular weight excluding hydrogens is 246 g/mol. The first-order chi connectivity index (χ1) is 8.54. The number of hydrogen-bond acceptors (Lipinski definition) is 1. The third-order valence-corrected chi connectivity index (χ3v) is 3.28.